The van der Waals surface area contributed by atoms with Gasteiger partial charge in [0.25, 0.3) is 0 Å². The number of piperazine rings is 1. The third-order valence-electron chi connectivity index (χ3n) is 4.63. The lowest BCUT2D eigenvalue weighted by atomic mass is 10.2. The standard InChI is InChI=1S/C21H32N4O2/c1-3-11-22-21(27)18(2)23-20(26)17-25-15-13-24(14-16-25)12-7-10-19-8-5-4-6-9-19/h4-10,18H,3,11-17H2,1-2H3,(H,22,27)(H,23,26)/b10-7+/t18-/m1/s1. The molecule has 2 N–H and O–H groups in total. The van der Waals surface area contributed by atoms with Crippen molar-refractivity contribution in [1.82, 2.24) is 20.4 Å². The van der Waals surface area contributed by atoms with Crippen LogP contribution in [0.5, 0.6) is 0 Å². The molecule has 1 aliphatic heterocycles. The molecule has 1 aromatic carbocycles. The fourth-order valence-corrected chi connectivity index (χ4v) is 2.99. The van der Waals surface area contributed by atoms with Gasteiger partial charge in [0.2, 0.25) is 11.8 Å². The van der Waals surface area contributed by atoms with Crippen LogP contribution in [0.1, 0.15) is 25.8 Å². The molecule has 2 rings (SSSR count). The molecule has 6 nitrogen and oxygen atoms in total. The molecule has 27 heavy (non-hydrogen) atoms. The fourth-order valence-electron chi connectivity index (χ4n) is 2.99. The van der Waals surface area contributed by atoms with Crippen molar-refractivity contribution in [1.29, 1.82) is 0 Å². The lowest BCUT2D eigenvalue weighted by Crippen LogP contribution is -2.52. The summed E-state index contributed by atoms with van der Waals surface area (Å²) in [5.41, 5.74) is 1.21. The van der Waals surface area contributed by atoms with Crippen molar-refractivity contribution in [3.8, 4) is 0 Å². The smallest absolute Gasteiger partial charge is 0.242 e. The van der Waals surface area contributed by atoms with E-state index in [1.807, 2.05) is 25.1 Å². The minimum atomic E-state index is -0.492. The average Bonchev–Trinajstić information content (AvgIpc) is 2.68. The minimum absolute atomic E-state index is 0.0911. The van der Waals surface area contributed by atoms with Gasteiger partial charge in [0.15, 0.2) is 0 Å². The lowest BCUT2D eigenvalue weighted by molar-refractivity contribution is -0.129. The Morgan fingerprint density at radius 1 is 1.11 bits per heavy atom. The van der Waals surface area contributed by atoms with Crippen molar-refractivity contribution in [2.45, 2.75) is 26.3 Å². The number of amides is 2. The van der Waals surface area contributed by atoms with E-state index in [-0.39, 0.29) is 11.8 Å². The normalized spacial score (nSPS) is 17.0. The monoisotopic (exact) mass is 372 g/mol. The second-order valence-electron chi connectivity index (χ2n) is 6.97. The van der Waals surface area contributed by atoms with Gasteiger partial charge in [-0.05, 0) is 18.9 Å². The number of nitrogens with one attached hydrogen (secondary N) is 2. The van der Waals surface area contributed by atoms with Gasteiger partial charge in [-0.3, -0.25) is 19.4 Å². The molecule has 0 spiro atoms. The summed E-state index contributed by atoms with van der Waals surface area (Å²) >= 11 is 0. The second kappa shape index (κ2) is 11.5. The number of hydrogen-bond acceptors (Lipinski definition) is 4. The molecule has 1 atom stereocenters. The van der Waals surface area contributed by atoms with E-state index in [0.29, 0.717) is 13.1 Å². The van der Waals surface area contributed by atoms with Crippen LogP contribution in [0.15, 0.2) is 36.4 Å². The van der Waals surface area contributed by atoms with Crippen LogP contribution < -0.4 is 10.6 Å². The largest absolute Gasteiger partial charge is 0.354 e. The van der Waals surface area contributed by atoms with E-state index < -0.39 is 6.04 Å². The maximum Gasteiger partial charge on any atom is 0.242 e. The maximum atomic E-state index is 12.2. The molecule has 148 valence electrons. The molecule has 1 heterocycles. The number of hydrogen-bond donors (Lipinski definition) is 2. The SMILES string of the molecule is CCCNC(=O)[C@@H](C)NC(=O)CN1CCN(C/C=C/c2ccccc2)CC1. The summed E-state index contributed by atoms with van der Waals surface area (Å²) in [6.45, 7) is 9.24. The molecule has 1 fully saturated rings. The van der Waals surface area contributed by atoms with Gasteiger partial charge >= 0.3 is 0 Å². The van der Waals surface area contributed by atoms with E-state index in [1.165, 1.54) is 5.56 Å². The van der Waals surface area contributed by atoms with Gasteiger partial charge in [0.05, 0.1) is 6.54 Å². The summed E-state index contributed by atoms with van der Waals surface area (Å²) in [6, 6.07) is 9.79. The fraction of sp³-hybridized carbons (Fsp3) is 0.524. The predicted molar refractivity (Wildman–Crippen MR) is 109 cm³/mol. The van der Waals surface area contributed by atoms with Crippen molar-refractivity contribution < 1.29 is 9.59 Å². The van der Waals surface area contributed by atoms with Gasteiger partial charge in [0, 0.05) is 39.3 Å². The highest BCUT2D eigenvalue weighted by Crippen LogP contribution is 2.04. The highest BCUT2D eigenvalue weighted by atomic mass is 16.2. The van der Waals surface area contributed by atoms with E-state index in [0.717, 1.165) is 39.1 Å². The van der Waals surface area contributed by atoms with Gasteiger partial charge in [-0.1, -0.05) is 49.4 Å². The topological polar surface area (TPSA) is 64.7 Å². The second-order valence-corrected chi connectivity index (χ2v) is 6.97. The molecule has 0 radical (unpaired) electrons. The summed E-state index contributed by atoms with van der Waals surface area (Å²) in [4.78, 5) is 28.5. The van der Waals surface area contributed by atoms with Crippen LogP contribution in [0.25, 0.3) is 6.08 Å². The quantitative estimate of drug-likeness (QED) is 0.687. The van der Waals surface area contributed by atoms with Gasteiger partial charge in [-0.25, -0.2) is 0 Å². The van der Waals surface area contributed by atoms with Crippen LogP contribution >= 0.6 is 0 Å². The molecule has 1 aromatic rings. The zero-order valence-electron chi connectivity index (χ0n) is 16.5. The average molecular weight is 373 g/mol. The number of carbonyl (C=O) groups excluding carboxylic acids is 2. The number of nitrogens with zero attached hydrogens (tertiary/aromatic N) is 2. The summed E-state index contributed by atoms with van der Waals surface area (Å²) in [5.74, 6) is -0.216. The van der Waals surface area contributed by atoms with Gasteiger partial charge < -0.3 is 10.6 Å². The Hall–Kier alpha value is -2.18. The Morgan fingerprint density at radius 3 is 2.44 bits per heavy atom. The Balaban J connectivity index is 1.64. The van der Waals surface area contributed by atoms with E-state index in [9.17, 15) is 9.59 Å². The highest BCUT2D eigenvalue weighted by molar-refractivity contribution is 5.87. The van der Waals surface area contributed by atoms with Crippen LogP contribution in [0.4, 0.5) is 0 Å². The first-order chi connectivity index (χ1) is 13.1. The van der Waals surface area contributed by atoms with Crippen molar-refractivity contribution in [3.05, 3.63) is 42.0 Å². The van der Waals surface area contributed by atoms with Crippen molar-refractivity contribution >= 4 is 17.9 Å². The predicted octanol–water partition coefficient (Wildman–Crippen LogP) is 1.35. The van der Waals surface area contributed by atoms with Crippen LogP contribution in [-0.4, -0.2) is 73.5 Å². The molecule has 1 saturated heterocycles. The Bertz CT molecular complexity index is 610. The zero-order valence-corrected chi connectivity index (χ0v) is 16.5. The zero-order chi connectivity index (χ0) is 19.5. The first-order valence-electron chi connectivity index (χ1n) is 9.82. The molecule has 0 unspecified atom stereocenters. The third kappa shape index (κ3) is 7.93. The van der Waals surface area contributed by atoms with E-state index in [1.54, 1.807) is 6.92 Å². The molecule has 0 aliphatic carbocycles. The van der Waals surface area contributed by atoms with Crippen molar-refractivity contribution in [3.63, 3.8) is 0 Å². The first-order valence-corrected chi connectivity index (χ1v) is 9.82. The number of rotatable bonds is 9. The summed E-state index contributed by atoms with van der Waals surface area (Å²) < 4.78 is 0. The highest BCUT2D eigenvalue weighted by Gasteiger charge is 2.20. The van der Waals surface area contributed by atoms with Gasteiger partial charge in [-0.2, -0.15) is 0 Å². The Labute approximate surface area is 162 Å². The van der Waals surface area contributed by atoms with E-state index in [2.05, 4.69) is 44.7 Å². The Kier molecular flexibility index (Phi) is 9.01. The number of carbonyl (C=O) groups is 2. The molecular formula is C21H32N4O2. The molecule has 0 aromatic heterocycles. The molecule has 0 saturated carbocycles. The summed E-state index contributed by atoms with van der Waals surface area (Å²) in [5, 5.41) is 5.58. The van der Waals surface area contributed by atoms with Crippen molar-refractivity contribution in [2.24, 2.45) is 0 Å². The minimum Gasteiger partial charge on any atom is -0.354 e. The first kappa shape index (κ1) is 21.1. The Morgan fingerprint density at radius 2 is 1.78 bits per heavy atom. The molecule has 6 heteroatoms. The summed E-state index contributed by atoms with van der Waals surface area (Å²) in [6.07, 6.45) is 5.22. The molecular weight excluding hydrogens is 340 g/mol. The van der Waals surface area contributed by atoms with Gasteiger partial charge in [0.1, 0.15) is 6.04 Å². The van der Waals surface area contributed by atoms with E-state index in [4.69, 9.17) is 0 Å². The van der Waals surface area contributed by atoms with Gasteiger partial charge in [-0.15, -0.1) is 0 Å². The van der Waals surface area contributed by atoms with E-state index >= 15 is 0 Å². The van der Waals surface area contributed by atoms with Crippen LogP contribution in [0, 0.1) is 0 Å². The molecule has 1 aliphatic rings. The lowest BCUT2D eigenvalue weighted by Gasteiger charge is -2.33. The summed E-state index contributed by atoms with van der Waals surface area (Å²) in [7, 11) is 0. The van der Waals surface area contributed by atoms with Crippen LogP contribution in [0.3, 0.4) is 0 Å². The molecule has 2 amide bonds. The van der Waals surface area contributed by atoms with Crippen LogP contribution in [0.2, 0.25) is 0 Å². The third-order valence-corrected chi connectivity index (χ3v) is 4.63. The number of benzene rings is 1. The van der Waals surface area contributed by atoms with Crippen molar-refractivity contribution in [2.75, 3.05) is 45.8 Å². The van der Waals surface area contributed by atoms with Crippen LogP contribution in [-0.2, 0) is 9.59 Å². The maximum absolute atomic E-state index is 12.2. The molecule has 0 bridgehead atoms.